The highest BCUT2D eigenvalue weighted by Crippen LogP contribution is 2.43. The lowest BCUT2D eigenvalue weighted by Crippen LogP contribution is -1.95. The molecule has 0 spiro atoms. The summed E-state index contributed by atoms with van der Waals surface area (Å²) in [6.45, 7) is 0. The summed E-state index contributed by atoms with van der Waals surface area (Å²) >= 11 is 0. The third-order valence-corrected chi connectivity index (χ3v) is 9.90. The molecular weight excluding hydrogens is 581 g/mol. The van der Waals surface area contributed by atoms with Crippen LogP contribution in [-0.2, 0) is 0 Å². The second kappa shape index (κ2) is 10.6. The molecule has 0 atom stereocenters. The van der Waals surface area contributed by atoms with Gasteiger partial charge in [0.15, 0.2) is 0 Å². The second-order valence-electron chi connectivity index (χ2n) is 12.6. The summed E-state index contributed by atoms with van der Waals surface area (Å²) in [5.41, 5.74) is 12.0. The molecular formula is C46H30N2. The molecule has 2 heterocycles. The number of para-hydroxylation sites is 1. The van der Waals surface area contributed by atoms with Crippen LogP contribution in [0.1, 0.15) is 0 Å². The molecule has 0 bridgehead atoms. The van der Waals surface area contributed by atoms with Gasteiger partial charge in [-0.15, -0.1) is 0 Å². The predicted molar refractivity (Wildman–Crippen MR) is 203 cm³/mol. The highest BCUT2D eigenvalue weighted by molar-refractivity contribution is 6.29. The second-order valence-corrected chi connectivity index (χ2v) is 12.6. The molecule has 224 valence electrons. The van der Waals surface area contributed by atoms with Crippen molar-refractivity contribution in [1.29, 1.82) is 0 Å². The van der Waals surface area contributed by atoms with E-state index in [0.29, 0.717) is 0 Å². The zero-order valence-corrected chi connectivity index (χ0v) is 26.2. The van der Waals surface area contributed by atoms with E-state index in [9.17, 15) is 0 Å². The lowest BCUT2D eigenvalue weighted by molar-refractivity contribution is 1.17. The fourth-order valence-corrected chi connectivity index (χ4v) is 7.68. The van der Waals surface area contributed by atoms with Crippen molar-refractivity contribution < 1.29 is 0 Å². The molecule has 0 unspecified atom stereocenters. The van der Waals surface area contributed by atoms with Crippen LogP contribution in [0, 0.1) is 0 Å². The molecule has 0 radical (unpaired) electrons. The van der Waals surface area contributed by atoms with Gasteiger partial charge >= 0.3 is 0 Å². The highest BCUT2D eigenvalue weighted by Gasteiger charge is 2.21. The Balaban J connectivity index is 1.29. The van der Waals surface area contributed by atoms with Gasteiger partial charge in [0.05, 0.1) is 22.1 Å². The molecule has 2 nitrogen and oxygen atoms in total. The average molecular weight is 611 g/mol. The van der Waals surface area contributed by atoms with E-state index in [4.69, 9.17) is 0 Å². The van der Waals surface area contributed by atoms with Crippen molar-refractivity contribution in [3.63, 3.8) is 0 Å². The van der Waals surface area contributed by atoms with Gasteiger partial charge in [-0.2, -0.15) is 0 Å². The monoisotopic (exact) mass is 610 g/mol. The molecule has 2 aromatic heterocycles. The van der Waals surface area contributed by atoms with E-state index in [1.54, 1.807) is 0 Å². The van der Waals surface area contributed by atoms with Crippen molar-refractivity contribution in [1.82, 2.24) is 9.13 Å². The van der Waals surface area contributed by atoms with Crippen LogP contribution < -0.4 is 0 Å². The number of aromatic nitrogens is 2. The minimum Gasteiger partial charge on any atom is -0.309 e. The van der Waals surface area contributed by atoms with Gasteiger partial charge in [-0.3, -0.25) is 0 Å². The summed E-state index contributed by atoms with van der Waals surface area (Å²) in [5, 5.41) is 7.57. The number of rotatable bonds is 4. The Bertz CT molecular complexity index is 2800. The number of nitrogens with zero attached hydrogens (tertiary/aromatic N) is 2. The van der Waals surface area contributed by atoms with E-state index in [2.05, 4.69) is 191 Å². The lowest BCUT2D eigenvalue weighted by atomic mass is 10.0. The lowest BCUT2D eigenvalue weighted by Gasteiger charge is -2.11. The van der Waals surface area contributed by atoms with Crippen LogP contribution in [-0.4, -0.2) is 9.13 Å². The maximum absolute atomic E-state index is 2.46. The third kappa shape index (κ3) is 4.06. The Labute approximate surface area is 278 Å². The maximum atomic E-state index is 2.46. The van der Waals surface area contributed by atoms with Gasteiger partial charge in [0.2, 0.25) is 0 Å². The Morgan fingerprint density at radius 3 is 1.52 bits per heavy atom. The van der Waals surface area contributed by atoms with Crippen LogP contribution in [0.2, 0.25) is 0 Å². The standard InChI is InChI=1S/C46H30N2/c1-3-11-31(12-4-1)34-19-23-37(24-20-34)47-41-18-10-9-17-39(41)45-42(47)27-28-43-46(45)40-26-22-36(32-13-5-2-6-14-32)30-44(40)48(43)38-25-21-33-15-7-8-16-35(33)29-38/h1-30H. The molecule has 10 rings (SSSR count). The summed E-state index contributed by atoms with van der Waals surface area (Å²) < 4.78 is 4.89. The predicted octanol–water partition coefficient (Wildman–Crippen LogP) is 12.4. The molecule has 0 aliphatic heterocycles. The largest absolute Gasteiger partial charge is 0.309 e. The molecule has 8 aromatic carbocycles. The van der Waals surface area contributed by atoms with Crippen molar-refractivity contribution in [2.24, 2.45) is 0 Å². The topological polar surface area (TPSA) is 9.86 Å². The van der Waals surface area contributed by atoms with Crippen molar-refractivity contribution in [2.75, 3.05) is 0 Å². The van der Waals surface area contributed by atoms with Gasteiger partial charge in [-0.1, -0.05) is 133 Å². The van der Waals surface area contributed by atoms with Crippen LogP contribution in [0.25, 0.3) is 88.0 Å². The molecule has 48 heavy (non-hydrogen) atoms. The normalized spacial score (nSPS) is 11.8. The molecule has 0 amide bonds. The highest BCUT2D eigenvalue weighted by atomic mass is 15.0. The van der Waals surface area contributed by atoms with Crippen LogP contribution in [0.3, 0.4) is 0 Å². The number of fused-ring (bicyclic) bond motifs is 8. The summed E-state index contributed by atoms with van der Waals surface area (Å²) in [4.78, 5) is 0. The SMILES string of the molecule is c1ccc(-c2ccc(-n3c4ccccc4c4c5c6ccc(-c7ccccc7)cc6n(-c6ccc7ccccc7c6)c5ccc43)cc2)cc1. The molecule has 0 fully saturated rings. The Hall–Kier alpha value is -6.38. The minimum absolute atomic E-state index is 1.16. The molecule has 0 N–H and O–H groups in total. The van der Waals surface area contributed by atoms with Crippen molar-refractivity contribution in [2.45, 2.75) is 0 Å². The van der Waals surface area contributed by atoms with Gasteiger partial charge in [0.1, 0.15) is 0 Å². The first kappa shape index (κ1) is 26.8. The minimum atomic E-state index is 1.16. The van der Waals surface area contributed by atoms with Gasteiger partial charge in [0, 0.05) is 32.9 Å². The number of hydrogen-bond acceptors (Lipinski definition) is 0. The van der Waals surface area contributed by atoms with Gasteiger partial charge < -0.3 is 9.13 Å². The van der Waals surface area contributed by atoms with E-state index < -0.39 is 0 Å². The first-order valence-corrected chi connectivity index (χ1v) is 16.5. The molecule has 0 saturated carbocycles. The van der Waals surface area contributed by atoms with E-state index in [0.717, 1.165) is 5.69 Å². The molecule has 10 aromatic rings. The first-order valence-electron chi connectivity index (χ1n) is 16.5. The Kier molecular flexibility index (Phi) is 5.91. The van der Waals surface area contributed by atoms with Crippen LogP contribution in [0.5, 0.6) is 0 Å². The van der Waals surface area contributed by atoms with Gasteiger partial charge in [-0.05, 0) is 81.6 Å². The summed E-state index contributed by atoms with van der Waals surface area (Å²) in [5.74, 6) is 0. The van der Waals surface area contributed by atoms with Crippen LogP contribution in [0.15, 0.2) is 182 Å². The molecule has 0 aliphatic rings. The van der Waals surface area contributed by atoms with Crippen molar-refractivity contribution >= 4 is 54.4 Å². The van der Waals surface area contributed by atoms with E-state index in [-0.39, 0.29) is 0 Å². The van der Waals surface area contributed by atoms with Gasteiger partial charge in [0.25, 0.3) is 0 Å². The molecule has 0 aliphatic carbocycles. The molecule has 0 saturated heterocycles. The zero-order chi connectivity index (χ0) is 31.6. The smallest absolute Gasteiger partial charge is 0.0548 e. The summed E-state index contributed by atoms with van der Waals surface area (Å²) in [6.07, 6.45) is 0. The summed E-state index contributed by atoms with van der Waals surface area (Å²) in [6, 6.07) is 66.2. The van der Waals surface area contributed by atoms with E-state index in [1.165, 1.54) is 82.3 Å². The van der Waals surface area contributed by atoms with E-state index in [1.807, 2.05) is 0 Å². The van der Waals surface area contributed by atoms with Crippen LogP contribution >= 0.6 is 0 Å². The average Bonchev–Trinajstić information content (AvgIpc) is 3.68. The van der Waals surface area contributed by atoms with Crippen LogP contribution in [0.4, 0.5) is 0 Å². The van der Waals surface area contributed by atoms with Gasteiger partial charge in [-0.25, -0.2) is 0 Å². The first-order chi connectivity index (χ1) is 23.8. The quantitative estimate of drug-likeness (QED) is 0.188. The number of hydrogen-bond donors (Lipinski definition) is 0. The molecule has 2 heteroatoms. The zero-order valence-electron chi connectivity index (χ0n) is 26.2. The summed E-state index contributed by atoms with van der Waals surface area (Å²) in [7, 11) is 0. The van der Waals surface area contributed by atoms with Crippen molar-refractivity contribution in [3.05, 3.63) is 182 Å². The Morgan fingerprint density at radius 1 is 0.271 bits per heavy atom. The maximum Gasteiger partial charge on any atom is 0.0548 e. The fraction of sp³-hybridized carbons (Fsp3) is 0. The van der Waals surface area contributed by atoms with E-state index >= 15 is 0 Å². The number of benzene rings is 8. The van der Waals surface area contributed by atoms with Crippen molar-refractivity contribution in [3.8, 4) is 33.6 Å². The fourth-order valence-electron chi connectivity index (χ4n) is 7.68. The Morgan fingerprint density at radius 2 is 0.792 bits per heavy atom. The third-order valence-electron chi connectivity index (χ3n) is 9.90.